The fourth-order valence-corrected chi connectivity index (χ4v) is 2.89. The van der Waals surface area contributed by atoms with E-state index in [1.807, 2.05) is 24.3 Å². The summed E-state index contributed by atoms with van der Waals surface area (Å²) in [6, 6.07) is 7.37. The van der Waals surface area contributed by atoms with Crippen LogP contribution in [0.15, 0.2) is 51.4 Å². The highest BCUT2D eigenvalue weighted by atomic mass is 79.9. The Morgan fingerprint density at radius 3 is 1.78 bits per heavy atom. The van der Waals surface area contributed by atoms with E-state index in [9.17, 15) is 9.59 Å². The van der Waals surface area contributed by atoms with Gasteiger partial charge in [-0.15, -0.1) is 0 Å². The summed E-state index contributed by atoms with van der Waals surface area (Å²) in [4.78, 5) is 24.5. The van der Waals surface area contributed by atoms with Crippen LogP contribution >= 0.6 is 15.9 Å². The summed E-state index contributed by atoms with van der Waals surface area (Å²) in [5.74, 6) is -0.852. The molecule has 0 bridgehead atoms. The van der Waals surface area contributed by atoms with Crippen LogP contribution in [0.25, 0.3) is 0 Å². The van der Waals surface area contributed by atoms with Crippen LogP contribution in [-0.2, 0) is 23.8 Å². The first-order chi connectivity index (χ1) is 10.9. The van der Waals surface area contributed by atoms with E-state index in [2.05, 4.69) is 15.9 Å². The van der Waals surface area contributed by atoms with E-state index in [0.29, 0.717) is 22.7 Å². The number of hydrogen-bond acceptors (Lipinski definition) is 5. The highest BCUT2D eigenvalue weighted by Gasteiger charge is 2.38. The third kappa shape index (κ3) is 3.32. The molecule has 0 unspecified atom stereocenters. The third-order valence-corrected chi connectivity index (χ3v) is 4.18. The van der Waals surface area contributed by atoms with Crippen LogP contribution in [-0.4, -0.2) is 26.2 Å². The van der Waals surface area contributed by atoms with Crippen molar-refractivity contribution >= 4 is 27.9 Å². The van der Waals surface area contributed by atoms with Gasteiger partial charge >= 0.3 is 11.9 Å². The van der Waals surface area contributed by atoms with Crippen molar-refractivity contribution in [2.24, 2.45) is 0 Å². The molecule has 0 atom stereocenters. The van der Waals surface area contributed by atoms with Gasteiger partial charge in [-0.05, 0) is 31.5 Å². The number of carbonyl (C=O) groups excluding carboxylic acids is 2. The number of rotatable bonds is 3. The fraction of sp³-hybridized carbons (Fsp3) is 0.294. The molecule has 0 amide bonds. The highest BCUT2D eigenvalue weighted by molar-refractivity contribution is 9.10. The van der Waals surface area contributed by atoms with Gasteiger partial charge in [-0.25, -0.2) is 9.59 Å². The first-order valence-electron chi connectivity index (χ1n) is 6.92. The van der Waals surface area contributed by atoms with Crippen molar-refractivity contribution in [3.63, 3.8) is 0 Å². The lowest BCUT2D eigenvalue weighted by Crippen LogP contribution is -2.26. The molecule has 0 aromatic heterocycles. The summed E-state index contributed by atoms with van der Waals surface area (Å²) in [6.45, 7) is 3.35. The molecule has 1 aliphatic heterocycles. The standard InChI is InChI=1S/C17H17BrO5/c1-9-13(16(19)21-3)15(11-5-7-12(18)8-6-11)14(10(2)23-9)17(20)22-4/h5-8,15H,1-4H3. The van der Waals surface area contributed by atoms with Crippen LogP contribution in [0.5, 0.6) is 0 Å². The number of carbonyl (C=O) groups is 2. The quantitative estimate of drug-likeness (QED) is 0.751. The van der Waals surface area contributed by atoms with Crippen LogP contribution in [0.4, 0.5) is 0 Å². The molecular weight excluding hydrogens is 364 g/mol. The minimum atomic E-state index is -0.600. The van der Waals surface area contributed by atoms with Crippen molar-refractivity contribution in [3.05, 3.63) is 57.0 Å². The summed E-state index contributed by atoms with van der Waals surface area (Å²) in [7, 11) is 2.59. The van der Waals surface area contributed by atoms with E-state index < -0.39 is 17.9 Å². The second-order valence-corrected chi connectivity index (χ2v) is 5.93. The number of ether oxygens (including phenoxy) is 3. The maximum Gasteiger partial charge on any atom is 0.338 e. The van der Waals surface area contributed by atoms with E-state index in [0.717, 1.165) is 10.0 Å². The van der Waals surface area contributed by atoms with Crippen LogP contribution in [0.3, 0.4) is 0 Å². The van der Waals surface area contributed by atoms with Crippen molar-refractivity contribution < 1.29 is 23.8 Å². The molecule has 2 rings (SSSR count). The number of hydrogen-bond donors (Lipinski definition) is 0. The van der Waals surface area contributed by atoms with Gasteiger partial charge in [-0.1, -0.05) is 28.1 Å². The minimum Gasteiger partial charge on any atom is -0.466 e. The monoisotopic (exact) mass is 380 g/mol. The lowest BCUT2D eigenvalue weighted by Gasteiger charge is -2.28. The van der Waals surface area contributed by atoms with Gasteiger partial charge in [0.25, 0.3) is 0 Å². The first kappa shape index (κ1) is 17.3. The molecule has 1 aliphatic rings. The van der Waals surface area contributed by atoms with Gasteiger partial charge in [0.1, 0.15) is 11.5 Å². The van der Waals surface area contributed by atoms with Crippen molar-refractivity contribution in [1.29, 1.82) is 0 Å². The molecule has 0 saturated carbocycles. The Kier molecular flexibility index (Phi) is 5.26. The lowest BCUT2D eigenvalue weighted by molar-refractivity contribution is -0.137. The number of methoxy groups -OCH3 is 2. The molecular formula is C17H17BrO5. The van der Waals surface area contributed by atoms with E-state index in [1.54, 1.807) is 13.8 Å². The van der Waals surface area contributed by atoms with E-state index in [-0.39, 0.29) is 0 Å². The van der Waals surface area contributed by atoms with Crippen LogP contribution in [0.2, 0.25) is 0 Å². The van der Waals surface area contributed by atoms with Gasteiger partial charge in [0.2, 0.25) is 0 Å². The molecule has 0 radical (unpaired) electrons. The molecule has 1 aromatic rings. The first-order valence-corrected chi connectivity index (χ1v) is 7.71. The van der Waals surface area contributed by atoms with Gasteiger partial charge in [-0.3, -0.25) is 0 Å². The Morgan fingerprint density at radius 2 is 1.39 bits per heavy atom. The Labute approximate surface area is 143 Å². The summed E-state index contributed by atoms with van der Waals surface area (Å²) in [6.07, 6.45) is 0. The smallest absolute Gasteiger partial charge is 0.338 e. The number of benzene rings is 1. The van der Waals surface area contributed by atoms with Crippen molar-refractivity contribution in [1.82, 2.24) is 0 Å². The molecule has 23 heavy (non-hydrogen) atoms. The zero-order valence-corrected chi connectivity index (χ0v) is 14.9. The van der Waals surface area contributed by atoms with Gasteiger partial charge in [0.15, 0.2) is 0 Å². The summed E-state index contributed by atoms with van der Waals surface area (Å²) < 4.78 is 16.2. The molecule has 0 spiro atoms. The molecule has 5 nitrogen and oxygen atoms in total. The molecule has 1 heterocycles. The van der Waals surface area contributed by atoms with Gasteiger partial charge in [0, 0.05) is 4.47 Å². The Bertz CT molecular complexity index is 662. The highest BCUT2D eigenvalue weighted by Crippen LogP contribution is 2.41. The summed E-state index contributed by atoms with van der Waals surface area (Å²) in [5, 5.41) is 0. The minimum absolute atomic E-state index is 0.292. The van der Waals surface area contributed by atoms with Crippen molar-refractivity contribution in [2.45, 2.75) is 19.8 Å². The van der Waals surface area contributed by atoms with E-state index in [4.69, 9.17) is 14.2 Å². The van der Waals surface area contributed by atoms with Gasteiger partial charge in [0.05, 0.1) is 31.3 Å². The van der Waals surface area contributed by atoms with Crippen molar-refractivity contribution in [2.75, 3.05) is 14.2 Å². The lowest BCUT2D eigenvalue weighted by atomic mass is 9.82. The average Bonchev–Trinajstić information content (AvgIpc) is 2.53. The Hall–Kier alpha value is -2.08. The average molecular weight is 381 g/mol. The number of halogens is 1. The van der Waals surface area contributed by atoms with Gasteiger partial charge < -0.3 is 14.2 Å². The molecule has 0 aliphatic carbocycles. The summed E-state index contributed by atoms with van der Waals surface area (Å²) >= 11 is 3.38. The number of allylic oxidation sites excluding steroid dienone is 2. The van der Waals surface area contributed by atoms with E-state index >= 15 is 0 Å². The second kappa shape index (κ2) is 7.00. The topological polar surface area (TPSA) is 61.8 Å². The van der Waals surface area contributed by atoms with Crippen LogP contribution in [0, 0.1) is 0 Å². The maximum atomic E-state index is 12.2. The maximum absolute atomic E-state index is 12.2. The van der Waals surface area contributed by atoms with Gasteiger partial charge in [-0.2, -0.15) is 0 Å². The largest absolute Gasteiger partial charge is 0.466 e. The Balaban J connectivity index is 2.66. The third-order valence-electron chi connectivity index (χ3n) is 3.66. The zero-order chi connectivity index (χ0) is 17.1. The molecule has 1 aromatic carbocycles. The van der Waals surface area contributed by atoms with Crippen LogP contribution < -0.4 is 0 Å². The SMILES string of the molecule is COC(=O)C1=C(C)OC(C)=C(C(=O)OC)C1c1ccc(Br)cc1. The number of esters is 2. The summed E-state index contributed by atoms with van der Waals surface area (Å²) in [5.41, 5.74) is 1.36. The molecule has 0 saturated heterocycles. The molecule has 0 fully saturated rings. The Morgan fingerprint density at radius 1 is 0.957 bits per heavy atom. The van der Waals surface area contributed by atoms with Crippen LogP contribution in [0.1, 0.15) is 25.3 Å². The van der Waals surface area contributed by atoms with Crippen molar-refractivity contribution in [3.8, 4) is 0 Å². The fourth-order valence-electron chi connectivity index (χ4n) is 2.62. The zero-order valence-electron chi connectivity index (χ0n) is 13.3. The second-order valence-electron chi connectivity index (χ2n) is 5.01. The predicted molar refractivity (Wildman–Crippen MR) is 87.4 cm³/mol. The molecule has 6 heteroatoms. The van der Waals surface area contributed by atoms with E-state index in [1.165, 1.54) is 14.2 Å². The molecule has 122 valence electrons. The normalized spacial score (nSPS) is 15.3. The molecule has 0 N–H and O–H groups in total. The predicted octanol–water partition coefficient (Wildman–Crippen LogP) is 3.46.